The molecule has 3 fully saturated rings. The van der Waals surface area contributed by atoms with Crippen LogP contribution in [-0.2, 0) is 9.59 Å². The average molecular weight is 267 g/mol. The number of carbonyl (C=O) groups is 2. The summed E-state index contributed by atoms with van der Waals surface area (Å²) in [6.07, 6.45) is 3.43. The Balaban J connectivity index is 1.59. The van der Waals surface area contributed by atoms with Crippen LogP contribution in [0.2, 0.25) is 0 Å². The fourth-order valence-electron chi connectivity index (χ4n) is 4.10. The van der Waals surface area contributed by atoms with Crippen LogP contribution in [0.4, 0.5) is 0 Å². The monoisotopic (exact) mass is 267 g/mol. The van der Waals surface area contributed by atoms with Gasteiger partial charge in [-0.05, 0) is 38.0 Å². The van der Waals surface area contributed by atoms with Crippen LogP contribution >= 0.6 is 0 Å². The van der Waals surface area contributed by atoms with Crippen LogP contribution in [-0.4, -0.2) is 46.2 Å². The van der Waals surface area contributed by atoms with Crippen LogP contribution in [0.15, 0.2) is 0 Å². The van der Waals surface area contributed by atoms with Gasteiger partial charge < -0.3 is 15.1 Å². The lowest BCUT2D eigenvalue weighted by Crippen LogP contribution is -2.35. The molecule has 5 atom stereocenters. The molecule has 1 heterocycles. The molecule has 5 heteroatoms. The molecule has 0 aromatic carbocycles. The molecule has 0 aromatic heterocycles. The lowest BCUT2D eigenvalue weighted by molar-refractivity contribution is -0.141. The molecule has 2 N–H and O–H groups in total. The second-order valence-electron chi connectivity index (χ2n) is 6.36. The molecule has 3 rings (SSSR count). The van der Waals surface area contributed by atoms with E-state index in [0.29, 0.717) is 31.7 Å². The number of nitrogens with zero attached hydrogens (tertiary/aromatic N) is 1. The van der Waals surface area contributed by atoms with Crippen LogP contribution in [0.25, 0.3) is 0 Å². The van der Waals surface area contributed by atoms with Crippen molar-refractivity contribution in [1.82, 2.24) is 4.90 Å². The first-order valence-corrected chi connectivity index (χ1v) is 7.26. The highest BCUT2D eigenvalue weighted by atomic mass is 16.4. The second-order valence-corrected chi connectivity index (χ2v) is 6.36. The molecule has 19 heavy (non-hydrogen) atoms. The number of carbonyl (C=O) groups excluding carboxylic acids is 1. The second kappa shape index (κ2) is 4.78. The van der Waals surface area contributed by atoms with Gasteiger partial charge in [-0.2, -0.15) is 0 Å². The van der Waals surface area contributed by atoms with Crippen LogP contribution in [0.3, 0.4) is 0 Å². The van der Waals surface area contributed by atoms with Crippen molar-refractivity contribution in [3.8, 4) is 0 Å². The van der Waals surface area contributed by atoms with E-state index < -0.39 is 5.97 Å². The van der Waals surface area contributed by atoms with Gasteiger partial charge in [0.2, 0.25) is 5.91 Å². The third kappa shape index (κ3) is 2.24. The van der Waals surface area contributed by atoms with Gasteiger partial charge >= 0.3 is 5.97 Å². The summed E-state index contributed by atoms with van der Waals surface area (Å²) in [5.41, 5.74) is 0. The minimum atomic E-state index is -0.774. The summed E-state index contributed by atoms with van der Waals surface area (Å²) in [5.74, 6) is -0.413. The van der Waals surface area contributed by atoms with Gasteiger partial charge in [0, 0.05) is 24.9 Å². The number of aliphatic hydroxyl groups is 1. The molecular formula is C14H21NO4. The smallest absolute Gasteiger partial charge is 0.306 e. The minimum absolute atomic E-state index is 0.114. The lowest BCUT2D eigenvalue weighted by atomic mass is 10.00. The van der Waals surface area contributed by atoms with Crippen molar-refractivity contribution < 1.29 is 19.8 Å². The predicted octanol–water partition coefficient (Wildman–Crippen LogP) is 0.717. The van der Waals surface area contributed by atoms with Gasteiger partial charge in [-0.3, -0.25) is 9.59 Å². The van der Waals surface area contributed by atoms with Gasteiger partial charge in [-0.1, -0.05) is 0 Å². The molecule has 2 aliphatic carbocycles. The van der Waals surface area contributed by atoms with Gasteiger partial charge in [0.15, 0.2) is 0 Å². The Hall–Kier alpha value is -1.10. The lowest BCUT2D eigenvalue weighted by Gasteiger charge is -2.22. The Morgan fingerprint density at radius 3 is 2.37 bits per heavy atom. The first-order chi connectivity index (χ1) is 9.06. The maximum absolute atomic E-state index is 12.4. The summed E-state index contributed by atoms with van der Waals surface area (Å²) in [6, 6.07) is 0. The van der Waals surface area contributed by atoms with E-state index in [1.165, 1.54) is 0 Å². The Kier molecular flexibility index (Phi) is 3.25. The molecule has 1 amide bonds. The van der Waals surface area contributed by atoms with E-state index >= 15 is 0 Å². The summed E-state index contributed by atoms with van der Waals surface area (Å²) in [4.78, 5) is 25.2. The molecule has 106 valence electrons. The maximum atomic E-state index is 12.4. The average Bonchev–Trinajstić information content (AvgIpc) is 3.05. The van der Waals surface area contributed by atoms with E-state index in [1.807, 2.05) is 4.90 Å². The van der Waals surface area contributed by atoms with Crippen LogP contribution < -0.4 is 0 Å². The molecule has 0 aromatic rings. The summed E-state index contributed by atoms with van der Waals surface area (Å²) in [7, 11) is 0. The summed E-state index contributed by atoms with van der Waals surface area (Å²) >= 11 is 0. The van der Waals surface area contributed by atoms with Crippen molar-refractivity contribution in [3.63, 3.8) is 0 Å². The van der Waals surface area contributed by atoms with Crippen molar-refractivity contribution in [1.29, 1.82) is 0 Å². The van der Waals surface area contributed by atoms with E-state index in [2.05, 4.69) is 0 Å². The number of amides is 1. The number of rotatable bonds is 2. The minimum Gasteiger partial charge on any atom is -0.481 e. The van der Waals surface area contributed by atoms with Gasteiger partial charge in [0.25, 0.3) is 0 Å². The molecule has 5 unspecified atom stereocenters. The van der Waals surface area contributed by atoms with Crippen molar-refractivity contribution in [2.45, 2.75) is 38.2 Å². The number of aliphatic carboxylic acids is 1. The largest absolute Gasteiger partial charge is 0.481 e. The zero-order valence-electron chi connectivity index (χ0n) is 11.0. The number of hydrogen-bond donors (Lipinski definition) is 2. The topological polar surface area (TPSA) is 77.8 Å². The number of hydrogen-bond acceptors (Lipinski definition) is 3. The normalized spacial score (nSPS) is 41.5. The fraction of sp³-hybridized carbons (Fsp3) is 0.857. The van der Waals surface area contributed by atoms with E-state index in [0.717, 1.165) is 19.4 Å². The Morgan fingerprint density at radius 1 is 1.00 bits per heavy atom. The molecule has 5 nitrogen and oxygen atoms in total. The van der Waals surface area contributed by atoms with E-state index in [9.17, 15) is 14.7 Å². The van der Waals surface area contributed by atoms with E-state index in [1.54, 1.807) is 0 Å². The molecule has 3 aliphatic rings. The van der Waals surface area contributed by atoms with Crippen LogP contribution in [0, 0.1) is 23.7 Å². The molecule has 0 radical (unpaired) electrons. The molecule has 1 saturated heterocycles. The molecule has 2 saturated carbocycles. The predicted molar refractivity (Wildman–Crippen MR) is 67.3 cm³/mol. The third-order valence-corrected chi connectivity index (χ3v) is 5.26. The standard InChI is InChI=1S/C14H21NO4/c16-12-4-3-10-6-15(7-11(10)12)13(17)8-1-2-9(5-8)14(18)19/h8-12,16H,1-7H2,(H,18,19). The van der Waals surface area contributed by atoms with Crippen LogP contribution in [0.1, 0.15) is 32.1 Å². The zero-order valence-corrected chi connectivity index (χ0v) is 11.0. The zero-order chi connectivity index (χ0) is 13.6. The number of fused-ring (bicyclic) bond motifs is 1. The van der Waals surface area contributed by atoms with Gasteiger partial charge in [-0.25, -0.2) is 0 Å². The van der Waals surface area contributed by atoms with Crippen molar-refractivity contribution in [2.75, 3.05) is 13.1 Å². The number of aliphatic hydroxyl groups excluding tert-OH is 1. The number of likely N-dealkylation sites (tertiary alicyclic amines) is 1. The summed E-state index contributed by atoms with van der Waals surface area (Å²) < 4.78 is 0. The Labute approximate surface area is 112 Å². The summed E-state index contributed by atoms with van der Waals surface area (Å²) in [6.45, 7) is 1.42. The first kappa shape index (κ1) is 12.9. The van der Waals surface area contributed by atoms with Gasteiger partial charge in [0.1, 0.15) is 0 Å². The van der Waals surface area contributed by atoms with Crippen molar-refractivity contribution >= 4 is 11.9 Å². The molecule has 0 spiro atoms. The summed E-state index contributed by atoms with van der Waals surface area (Å²) in [5, 5.41) is 18.8. The van der Waals surface area contributed by atoms with E-state index in [4.69, 9.17) is 5.11 Å². The van der Waals surface area contributed by atoms with Crippen molar-refractivity contribution in [3.05, 3.63) is 0 Å². The maximum Gasteiger partial charge on any atom is 0.306 e. The van der Waals surface area contributed by atoms with E-state index in [-0.39, 0.29) is 29.8 Å². The highest BCUT2D eigenvalue weighted by Crippen LogP contribution is 2.40. The third-order valence-electron chi connectivity index (χ3n) is 5.26. The molecule has 1 aliphatic heterocycles. The highest BCUT2D eigenvalue weighted by molar-refractivity contribution is 5.81. The Bertz CT molecular complexity index is 397. The first-order valence-electron chi connectivity index (χ1n) is 7.26. The SMILES string of the molecule is O=C(O)C1CCC(C(=O)N2CC3CCC(O)C3C2)C1. The number of carboxylic acids is 1. The quantitative estimate of drug-likeness (QED) is 0.772. The van der Waals surface area contributed by atoms with Gasteiger partial charge in [0.05, 0.1) is 12.0 Å². The van der Waals surface area contributed by atoms with Crippen LogP contribution in [0.5, 0.6) is 0 Å². The molecular weight excluding hydrogens is 246 g/mol. The number of carboxylic acid groups (broad SMARTS) is 1. The highest BCUT2D eigenvalue weighted by Gasteiger charge is 2.45. The van der Waals surface area contributed by atoms with Gasteiger partial charge in [-0.15, -0.1) is 0 Å². The Morgan fingerprint density at radius 2 is 1.74 bits per heavy atom. The molecule has 0 bridgehead atoms. The van der Waals surface area contributed by atoms with Crippen molar-refractivity contribution in [2.24, 2.45) is 23.7 Å². The fourth-order valence-corrected chi connectivity index (χ4v) is 4.10.